The van der Waals surface area contributed by atoms with Crippen molar-refractivity contribution in [2.24, 2.45) is 0 Å². The number of hydrogen-bond donors (Lipinski definition) is 2. The predicted molar refractivity (Wildman–Crippen MR) is 67.5 cm³/mol. The largest absolute Gasteiger partial charge is 0.433 e. The molecule has 0 spiro atoms. The van der Waals surface area contributed by atoms with Crippen LogP contribution in [0.3, 0.4) is 0 Å². The average Bonchev–Trinajstić information content (AvgIpc) is 2.35. The first-order valence-corrected chi connectivity index (χ1v) is 5.46. The normalized spacial score (nSPS) is 10.5. The Bertz CT molecular complexity index is 577. The fraction of sp³-hybridized carbons (Fsp3) is 0.167. The molecule has 2 aromatic rings. The van der Waals surface area contributed by atoms with Gasteiger partial charge in [0, 0.05) is 11.8 Å². The smallest absolute Gasteiger partial charge is 0.387 e. The van der Waals surface area contributed by atoms with Gasteiger partial charge in [-0.3, -0.25) is 0 Å². The molecule has 1 aromatic carbocycles. The second-order valence-electron chi connectivity index (χ2n) is 3.76. The third kappa shape index (κ3) is 3.27. The zero-order valence-corrected chi connectivity index (χ0v) is 10.1. The van der Waals surface area contributed by atoms with E-state index in [4.69, 9.17) is 5.73 Å². The molecule has 0 aliphatic carbocycles. The van der Waals surface area contributed by atoms with Crippen molar-refractivity contribution in [2.45, 2.75) is 13.5 Å². The number of nitrogen functional groups attached to an aromatic ring is 1. The number of halogens is 2. The van der Waals surface area contributed by atoms with E-state index in [0.29, 0.717) is 11.5 Å². The number of nitrogens with one attached hydrogen (secondary N) is 1. The molecule has 0 unspecified atom stereocenters. The second kappa shape index (κ2) is 5.47. The number of hydrogen-bond acceptors (Lipinski definition) is 5. The number of rotatable bonds is 4. The van der Waals surface area contributed by atoms with Crippen molar-refractivity contribution < 1.29 is 13.5 Å². The van der Waals surface area contributed by atoms with Crippen LogP contribution in [0.5, 0.6) is 5.75 Å². The number of benzene rings is 1. The van der Waals surface area contributed by atoms with E-state index in [1.165, 1.54) is 6.07 Å². The number of anilines is 3. The minimum atomic E-state index is -2.89. The summed E-state index contributed by atoms with van der Waals surface area (Å²) in [5, 5.41) is 2.90. The molecule has 0 radical (unpaired) electrons. The summed E-state index contributed by atoms with van der Waals surface area (Å²) in [6.45, 7) is -1.11. The third-order valence-corrected chi connectivity index (χ3v) is 2.35. The molecule has 0 amide bonds. The highest BCUT2D eigenvalue weighted by atomic mass is 19.3. The second-order valence-corrected chi connectivity index (χ2v) is 3.76. The van der Waals surface area contributed by atoms with Gasteiger partial charge in [-0.2, -0.15) is 13.8 Å². The first kappa shape index (κ1) is 13.0. The summed E-state index contributed by atoms with van der Waals surface area (Å²) in [5.74, 6) is 0.576. The lowest BCUT2D eigenvalue weighted by Crippen LogP contribution is -2.06. The van der Waals surface area contributed by atoms with Crippen molar-refractivity contribution >= 4 is 17.5 Å². The van der Waals surface area contributed by atoms with E-state index >= 15 is 0 Å². The Hall–Kier alpha value is -2.44. The fourth-order valence-electron chi connectivity index (χ4n) is 1.48. The predicted octanol–water partition coefficient (Wildman–Crippen LogP) is 2.71. The summed E-state index contributed by atoms with van der Waals surface area (Å²) < 4.78 is 29.0. The molecule has 1 aromatic heterocycles. The van der Waals surface area contributed by atoms with Crippen LogP contribution in [0.4, 0.5) is 26.2 Å². The number of ether oxygens (including phenoxy) is 1. The van der Waals surface area contributed by atoms with Crippen LogP contribution in [0, 0.1) is 6.92 Å². The molecule has 3 N–H and O–H groups in total. The van der Waals surface area contributed by atoms with Crippen LogP contribution >= 0.6 is 0 Å². The van der Waals surface area contributed by atoms with Crippen molar-refractivity contribution in [2.75, 3.05) is 11.1 Å². The Kier molecular flexibility index (Phi) is 3.74. The highest BCUT2D eigenvalue weighted by Gasteiger charge is 2.10. The summed E-state index contributed by atoms with van der Waals surface area (Å²) in [5.41, 5.74) is 6.60. The van der Waals surface area contributed by atoms with Gasteiger partial charge in [0.05, 0.1) is 5.69 Å². The maximum atomic E-state index is 12.3. The van der Waals surface area contributed by atoms with Gasteiger partial charge in [-0.1, -0.05) is 12.1 Å². The van der Waals surface area contributed by atoms with Crippen LogP contribution in [0.25, 0.3) is 0 Å². The number of aromatic nitrogens is 2. The molecular formula is C12H12F2N4O. The molecule has 0 atom stereocenters. The van der Waals surface area contributed by atoms with E-state index in [2.05, 4.69) is 20.0 Å². The average molecular weight is 266 g/mol. The standard InChI is InChI=1S/C12H12F2N4O/c1-7-6-16-12(15)18-10(7)17-8-4-2-3-5-9(8)19-11(13)14/h2-6,11H,1H3,(H3,15,16,17,18). The zero-order chi connectivity index (χ0) is 13.8. The molecule has 0 saturated carbocycles. The Morgan fingerprint density at radius 2 is 2.05 bits per heavy atom. The lowest BCUT2D eigenvalue weighted by Gasteiger charge is -2.13. The van der Waals surface area contributed by atoms with Gasteiger partial charge in [0.25, 0.3) is 0 Å². The summed E-state index contributed by atoms with van der Waals surface area (Å²) in [6.07, 6.45) is 1.54. The van der Waals surface area contributed by atoms with Crippen LogP contribution in [0.2, 0.25) is 0 Å². The number of aryl methyl sites for hydroxylation is 1. The molecule has 19 heavy (non-hydrogen) atoms. The quantitative estimate of drug-likeness (QED) is 0.890. The Balaban J connectivity index is 2.30. The maximum Gasteiger partial charge on any atom is 0.387 e. The van der Waals surface area contributed by atoms with Gasteiger partial charge in [-0.25, -0.2) is 4.98 Å². The summed E-state index contributed by atoms with van der Waals surface area (Å²) in [7, 11) is 0. The highest BCUT2D eigenvalue weighted by molar-refractivity contribution is 5.66. The minimum absolute atomic E-state index is 0.0362. The van der Waals surface area contributed by atoms with Crippen LogP contribution in [-0.2, 0) is 0 Å². The number of para-hydroxylation sites is 2. The molecule has 5 nitrogen and oxygen atoms in total. The fourth-order valence-corrected chi connectivity index (χ4v) is 1.48. The SMILES string of the molecule is Cc1cnc(N)nc1Nc1ccccc1OC(F)F. The van der Waals surface area contributed by atoms with Crippen LogP contribution in [0.1, 0.15) is 5.56 Å². The van der Waals surface area contributed by atoms with Crippen LogP contribution in [-0.4, -0.2) is 16.6 Å². The minimum Gasteiger partial charge on any atom is -0.433 e. The Morgan fingerprint density at radius 1 is 1.32 bits per heavy atom. The van der Waals surface area contributed by atoms with E-state index < -0.39 is 6.61 Å². The van der Waals surface area contributed by atoms with E-state index in [-0.39, 0.29) is 11.7 Å². The highest BCUT2D eigenvalue weighted by Crippen LogP contribution is 2.29. The Morgan fingerprint density at radius 3 is 2.79 bits per heavy atom. The third-order valence-electron chi connectivity index (χ3n) is 2.35. The summed E-state index contributed by atoms with van der Waals surface area (Å²) >= 11 is 0. The van der Waals surface area contributed by atoms with Gasteiger partial charge in [-0.15, -0.1) is 0 Å². The molecule has 100 valence electrons. The first-order chi connectivity index (χ1) is 9.06. The van der Waals surface area contributed by atoms with Crippen molar-refractivity contribution in [1.82, 2.24) is 9.97 Å². The topological polar surface area (TPSA) is 73.1 Å². The van der Waals surface area contributed by atoms with E-state index in [1.54, 1.807) is 31.3 Å². The lowest BCUT2D eigenvalue weighted by molar-refractivity contribution is -0.0493. The molecule has 0 saturated heterocycles. The van der Waals surface area contributed by atoms with Gasteiger partial charge in [0.2, 0.25) is 5.95 Å². The number of alkyl halides is 2. The zero-order valence-electron chi connectivity index (χ0n) is 10.1. The summed E-state index contributed by atoms with van der Waals surface area (Å²) in [6, 6.07) is 6.34. The van der Waals surface area contributed by atoms with Gasteiger partial charge in [-0.05, 0) is 19.1 Å². The number of nitrogens with zero attached hydrogens (tertiary/aromatic N) is 2. The molecular weight excluding hydrogens is 254 g/mol. The molecule has 0 aliphatic rings. The van der Waals surface area contributed by atoms with E-state index in [1.807, 2.05) is 0 Å². The number of nitrogens with two attached hydrogens (primary N) is 1. The molecule has 2 rings (SSSR count). The monoisotopic (exact) mass is 266 g/mol. The van der Waals surface area contributed by atoms with Crippen LogP contribution < -0.4 is 15.8 Å². The van der Waals surface area contributed by atoms with Gasteiger partial charge < -0.3 is 15.8 Å². The molecule has 1 heterocycles. The lowest BCUT2D eigenvalue weighted by atomic mass is 10.2. The van der Waals surface area contributed by atoms with Crippen molar-refractivity contribution in [3.63, 3.8) is 0 Å². The molecule has 0 bridgehead atoms. The van der Waals surface area contributed by atoms with E-state index in [0.717, 1.165) is 5.56 Å². The molecule has 0 aliphatic heterocycles. The first-order valence-electron chi connectivity index (χ1n) is 5.46. The van der Waals surface area contributed by atoms with Crippen molar-refractivity contribution in [1.29, 1.82) is 0 Å². The molecule has 7 heteroatoms. The van der Waals surface area contributed by atoms with Gasteiger partial charge >= 0.3 is 6.61 Å². The molecule has 0 fully saturated rings. The Labute approximate surface area is 108 Å². The maximum absolute atomic E-state index is 12.3. The van der Waals surface area contributed by atoms with Crippen LogP contribution in [0.15, 0.2) is 30.5 Å². The van der Waals surface area contributed by atoms with Crippen molar-refractivity contribution in [3.8, 4) is 5.75 Å². The van der Waals surface area contributed by atoms with E-state index in [9.17, 15) is 8.78 Å². The van der Waals surface area contributed by atoms with Gasteiger partial charge in [0.15, 0.2) is 0 Å². The van der Waals surface area contributed by atoms with Gasteiger partial charge in [0.1, 0.15) is 11.6 Å². The van der Waals surface area contributed by atoms with Crippen molar-refractivity contribution in [3.05, 3.63) is 36.0 Å². The summed E-state index contributed by atoms with van der Waals surface area (Å²) in [4.78, 5) is 7.83.